The Bertz CT molecular complexity index is 412. The van der Waals surface area contributed by atoms with Crippen LogP contribution >= 0.6 is 0 Å². The van der Waals surface area contributed by atoms with E-state index >= 15 is 0 Å². The van der Waals surface area contributed by atoms with E-state index in [0.717, 1.165) is 25.3 Å². The first-order valence-electron chi connectivity index (χ1n) is 5.75. The number of halogens is 2. The van der Waals surface area contributed by atoms with Crippen molar-refractivity contribution in [3.05, 3.63) is 23.8 Å². The fourth-order valence-electron chi connectivity index (χ4n) is 2.32. The van der Waals surface area contributed by atoms with Crippen LogP contribution in [0.4, 0.5) is 20.2 Å². The quantitative estimate of drug-likeness (QED) is 0.779. The highest BCUT2D eigenvalue weighted by molar-refractivity contribution is 5.69. The third-order valence-electron chi connectivity index (χ3n) is 3.22. The first kappa shape index (κ1) is 12.1. The summed E-state index contributed by atoms with van der Waals surface area (Å²) in [4.78, 5) is 1.80. The molecule has 1 aliphatic rings. The Balaban J connectivity index is 2.37. The van der Waals surface area contributed by atoms with Gasteiger partial charge in [0.05, 0.1) is 24.0 Å². The zero-order valence-electron chi connectivity index (χ0n) is 9.50. The highest BCUT2D eigenvalue weighted by atomic mass is 19.1. The van der Waals surface area contributed by atoms with Crippen molar-refractivity contribution < 1.29 is 13.9 Å². The van der Waals surface area contributed by atoms with Crippen molar-refractivity contribution in [3.8, 4) is 0 Å². The normalized spacial score (nSPS) is 20.6. The van der Waals surface area contributed by atoms with Crippen LogP contribution in [0.1, 0.15) is 19.3 Å². The number of aliphatic hydroxyl groups excluding tert-OH is 1. The molecule has 0 spiro atoms. The van der Waals surface area contributed by atoms with E-state index in [1.807, 2.05) is 0 Å². The molecule has 1 unspecified atom stereocenters. The number of rotatable bonds is 2. The van der Waals surface area contributed by atoms with Gasteiger partial charge in [-0.3, -0.25) is 0 Å². The number of hydrogen-bond donors (Lipinski definition) is 2. The van der Waals surface area contributed by atoms with Crippen LogP contribution in [0.3, 0.4) is 0 Å². The van der Waals surface area contributed by atoms with Crippen molar-refractivity contribution in [2.45, 2.75) is 25.3 Å². The number of piperidine rings is 1. The maximum absolute atomic E-state index is 13.4. The number of nitrogen functional groups attached to an aromatic ring is 1. The van der Waals surface area contributed by atoms with E-state index in [4.69, 9.17) is 5.73 Å². The van der Waals surface area contributed by atoms with Crippen LogP contribution < -0.4 is 10.6 Å². The molecule has 1 aromatic rings. The zero-order valence-corrected chi connectivity index (χ0v) is 9.50. The third-order valence-corrected chi connectivity index (χ3v) is 3.22. The van der Waals surface area contributed by atoms with Crippen LogP contribution in [-0.2, 0) is 0 Å². The van der Waals surface area contributed by atoms with Crippen molar-refractivity contribution in [1.29, 1.82) is 0 Å². The lowest BCUT2D eigenvalue weighted by atomic mass is 10.0. The third kappa shape index (κ3) is 2.34. The lowest BCUT2D eigenvalue weighted by Gasteiger charge is -2.37. The molecule has 0 bridgehead atoms. The van der Waals surface area contributed by atoms with Crippen LogP contribution in [0, 0.1) is 11.6 Å². The summed E-state index contributed by atoms with van der Waals surface area (Å²) in [6, 6.07) is 1.90. The molecule has 0 aromatic heterocycles. The zero-order chi connectivity index (χ0) is 12.4. The van der Waals surface area contributed by atoms with Gasteiger partial charge in [-0.25, -0.2) is 8.78 Å². The summed E-state index contributed by atoms with van der Waals surface area (Å²) >= 11 is 0. The monoisotopic (exact) mass is 242 g/mol. The lowest BCUT2D eigenvalue weighted by molar-refractivity contribution is 0.240. The van der Waals surface area contributed by atoms with Crippen LogP contribution in [0.2, 0.25) is 0 Å². The van der Waals surface area contributed by atoms with Gasteiger partial charge in [-0.05, 0) is 25.3 Å². The van der Waals surface area contributed by atoms with Crippen molar-refractivity contribution >= 4 is 11.4 Å². The van der Waals surface area contributed by atoms with Gasteiger partial charge in [-0.1, -0.05) is 0 Å². The second-order valence-electron chi connectivity index (χ2n) is 4.35. The summed E-state index contributed by atoms with van der Waals surface area (Å²) in [5.41, 5.74) is 5.93. The van der Waals surface area contributed by atoms with E-state index < -0.39 is 11.6 Å². The van der Waals surface area contributed by atoms with Gasteiger partial charge in [-0.15, -0.1) is 0 Å². The van der Waals surface area contributed by atoms with E-state index in [2.05, 4.69) is 0 Å². The minimum absolute atomic E-state index is 0.0302. The molecular weight excluding hydrogens is 226 g/mol. The molecule has 3 N–H and O–H groups in total. The van der Waals surface area contributed by atoms with Gasteiger partial charge >= 0.3 is 0 Å². The standard InChI is InChI=1S/C12H16F2N2O/c13-8-5-10(14)12(15)11(6-8)16-4-2-1-3-9(16)7-17/h5-6,9,17H,1-4,7,15H2. The second-order valence-corrected chi connectivity index (χ2v) is 4.35. The molecule has 1 fully saturated rings. The van der Waals surface area contributed by atoms with Crippen LogP contribution in [0.25, 0.3) is 0 Å². The first-order chi connectivity index (χ1) is 8.13. The Kier molecular flexibility index (Phi) is 3.47. The summed E-state index contributed by atoms with van der Waals surface area (Å²) in [5, 5.41) is 9.28. The Hall–Kier alpha value is -1.36. The van der Waals surface area contributed by atoms with Crippen molar-refractivity contribution in [2.24, 2.45) is 0 Å². The molecule has 5 heteroatoms. The van der Waals surface area contributed by atoms with Gasteiger partial charge in [0, 0.05) is 12.6 Å². The molecule has 0 radical (unpaired) electrons. The molecule has 17 heavy (non-hydrogen) atoms. The predicted octanol–water partition coefficient (Wildman–Crippen LogP) is 1.90. The molecule has 94 valence electrons. The highest BCUT2D eigenvalue weighted by Crippen LogP contribution is 2.32. The molecule has 3 nitrogen and oxygen atoms in total. The topological polar surface area (TPSA) is 49.5 Å². The summed E-state index contributed by atoms with van der Waals surface area (Å²) in [5.74, 6) is -1.39. The Morgan fingerprint density at radius 1 is 1.35 bits per heavy atom. The number of aliphatic hydroxyl groups is 1. The number of benzene rings is 1. The average Bonchev–Trinajstić information content (AvgIpc) is 2.33. The predicted molar refractivity (Wildman–Crippen MR) is 62.8 cm³/mol. The fourth-order valence-corrected chi connectivity index (χ4v) is 2.32. The molecule has 0 amide bonds. The number of anilines is 2. The summed E-state index contributed by atoms with van der Waals surface area (Å²) in [6.07, 6.45) is 2.77. The number of hydrogen-bond acceptors (Lipinski definition) is 3. The van der Waals surface area contributed by atoms with Gasteiger partial charge < -0.3 is 15.7 Å². The fraction of sp³-hybridized carbons (Fsp3) is 0.500. The maximum atomic E-state index is 13.4. The van der Waals surface area contributed by atoms with Crippen LogP contribution in [0.5, 0.6) is 0 Å². The van der Waals surface area contributed by atoms with Crippen LogP contribution in [0.15, 0.2) is 12.1 Å². The minimum atomic E-state index is -0.748. The van der Waals surface area contributed by atoms with Gasteiger partial charge in [0.25, 0.3) is 0 Å². The largest absolute Gasteiger partial charge is 0.395 e. The number of nitrogens with zero attached hydrogens (tertiary/aromatic N) is 1. The first-order valence-corrected chi connectivity index (χ1v) is 5.75. The summed E-state index contributed by atoms with van der Waals surface area (Å²) in [7, 11) is 0. The number of nitrogens with two attached hydrogens (primary N) is 1. The van der Waals surface area contributed by atoms with Crippen molar-refractivity contribution in [3.63, 3.8) is 0 Å². The summed E-state index contributed by atoms with van der Waals surface area (Å²) < 4.78 is 26.6. The van der Waals surface area contributed by atoms with Gasteiger partial charge in [-0.2, -0.15) is 0 Å². The molecule has 1 saturated heterocycles. The molecule has 2 rings (SSSR count). The van der Waals surface area contributed by atoms with Crippen LogP contribution in [-0.4, -0.2) is 24.3 Å². The van der Waals surface area contributed by atoms with Gasteiger partial charge in [0.1, 0.15) is 5.82 Å². The van der Waals surface area contributed by atoms with Gasteiger partial charge in [0.2, 0.25) is 0 Å². The Labute approximate surface area is 98.8 Å². The van der Waals surface area contributed by atoms with Gasteiger partial charge in [0.15, 0.2) is 5.82 Å². The molecule has 0 saturated carbocycles. The average molecular weight is 242 g/mol. The Morgan fingerprint density at radius 3 is 2.82 bits per heavy atom. The smallest absolute Gasteiger partial charge is 0.151 e. The minimum Gasteiger partial charge on any atom is -0.395 e. The van der Waals surface area contributed by atoms with E-state index in [-0.39, 0.29) is 18.3 Å². The van der Waals surface area contributed by atoms with E-state index in [9.17, 15) is 13.9 Å². The van der Waals surface area contributed by atoms with Crippen molar-refractivity contribution in [2.75, 3.05) is 23.8 Å². The maximum Gasteiger partial charge on any atom is 0.151 e. The Morgan fingerprint density at radius 2 is 2.12 bits per heavy atom. The van der Waals surface area contributed by atoms with E-state index in [1.54, 1.807) is 4.90 Å². The molecule has 1 aliphatic heterocycles. The second kappa shape index (κ2) is 4.87. The summed E-state index contributed by atoms with van der Waals surface area (Å²) in [6.45, 7) is 0.635. The lowest BCUT2D eigenvalue weighted by Crippen LogP contribution is -2.42. The molecular formula is C12H16F2N2O. The van der Waals surface area contributed by atoms with Crippen molar-refractivity contribution in [1.82, 2.24) is 0 Å². The van der Waals surface area contributed by atoms with E-state index in [0.29, 0.717) is 12.2 Å². The highest BCUT2D eigenvalue weighted by Gasteiger charge is 2.24. The molecule has 1 aromatic carbocycles. The molecule has 0 aliphatic carbocycles. The van der Waals surface area contributed by atoms with E-state index in [1.165, 1.54) is 6.07 Å². The molecule has 1 heterocycles. The molecule has 1 atom stereocenters. The SMILES string of the molecule is Nc1c(F)cc(F)cc1N1CCCCC1CO.